The van der Waals surface area contributed by atoms with Crippen molar-refractivity contribution in [2.45, 2.75) is 0 Å². The molecule has 2 rings (SSSR count). The molecule has 0 aliphatic carbocycles. The number of carboxylic acid groups (broad SMARTS) is 1. The smallest absolute Gasteiger partial charge is 0.337 e. The average Bonchev–Trinajstić information content (AvgIpc) is 2.77. The summed E-state index contributed by atoms with van der Waals surface area (Å²) < 4.78 is 0. The number of aromatic carboxylic acids is 1. The van der Waals surface area contributed by atoms with Gasteiger partial charge in [0.25, 0.3) is 5.91 Å². The lowest BCUT2D eigenvalue weighted by Crippen LogP contribution is -2.11. The number of benzene rings is 1. The summed E-state index contributed by atoms with van der Waals surface area (Å²) in [5.74, 6) is -1.55. The van der Waals surface area contributed by atoms with E-state index in [1.807, 2.05) is 0 Å². The summed E-state index contributed by atoms with van der Waals surface area (Å²) in [4.78, 5) is 23.2. The van der Waals surface area contributed by atoms with E-state index in [0.29, 0.717) is 15.6 Å². The molecule has 0 saturated heterocycles. The monoisotopic (exact) mass is 315 g/mol. The van der Waals surface area contributed by atoms with E-state index in [0.717, 1.165) is 0 Å². The summed E-state index contributed by atoms with van der Waals surface area (Å²) in [5, 5.41) is 13.7. The highest BCUT2D eigenvalue weighted by Gasteiger charge is 2.14. The van der Waals surface area contributed by atoms with E-state index < -0.39 is 11.9 Å². The van der Waals surface area contributed by atoms with Crippen molar-refractivity contribution < 1.29 is 14.7 Å². The Morgan fingerprint density at radius 2 is 1.89 bits per heavy atom. The van der Waals surface area contributed by atoms with E-state index in [9.17, 15) is 9.59 Å². The fraction of sp³-hybridized carbons (Fsp3) is 0. The fourth-order valence-corrected chi connectivity index (χ4v) is 2.64. The van der Waals surface area contributed by atoms with Crippen LogP contribution in [0.1, 0.15) is 20.0 Å². The zero-order valence-electron chi connectivity index (χ0n) is 9.31. The normalized spacial score (nSPS) is 10.2. The first-order chi connectivity index (χ1) is 8.99. The number of hydrogen-bond donors (Lipinski definition) is 2. The third-order valence-electron chi connectivity index (χ3n) is 2.28. The number of amides is 1. The van der Waals surface area contributed by atoms with Gasteiger partial charge in [0.1, 0.15) is 4.88 Å². The van der Waals surface area contributed by atoms with Gasteiger partial charge in [-0.2, -0.15) is 0 Å². The van der Waals surface area contributed by atoms with Gasteiger partial charge in [-0.25, -0.2) is 4.79 Å². The average molecular weight is 316 g/mol. The highest BCUT2D eigenvalue weighted by atomic mass is 35.5. The van der Waals surface area contributed by atoms with Crippen LogP contribution in [0.15, 0.2) is 29.6 Å². The molecule has 2 N–H and O–H groups in total. The van der Waals surface area contributed by atoms with Gasteiger partial charge in [-0.1, -0.05) is 23.2 Å². The second-order valence-corrected chi connectivity index (χ2v) is 5.28. The molecule has 0 bridgehead atoms. The minimum absolute atomic E-state index is 0.0725. The van der Waals surface area contributed by atoms with Gasteiger partial charge in [0.15, 0.2) is 0 Å². The Morgan fingerprint density at radius 1 is 1.16 bits per heavy atom. The number of carbonyl (C=O) groups excluding carboxylic acids is 1. The van der Waals surface area contributed by atoms with Crippen LogP contribution in [0.25, 0.3) is 0 Å². The van der Waals surface area contributed by atoms with Gasteiger partial charge < -0.3 is 10.4 Å². The fourth-order valence-electron chi connectivity index (χ4n) is 1.41. The Kier molecular flexibility index (Phi) is 4.09. The first-order valence-electron chi connectivity index (χ1n) is 5.06. The second kappa shape index (κ2) is 5.61. The van der Waals surface area contributed by atoms with Crippen molar-refractivity contribution in [1.82, 2.24) is 0 Å². The SMILES string of the molecule is O=C(O)c1cc(NC(=O)c2sccc2Cl)ccc1Cl. The summed E-state index contributed by atoms with van der Waals surface area (Å²) in [5.41, 5.74) is 0.271. The molecule has 0 radical (unpaired) electrons. The molecule has 1 aromatic heterocycles. The van der Waals surface area contributed by atoms with Crippen molar-refractivity contribution in [2.24, 2.45) is 0 Å². The number of carboxylic acids is 1. The Morgan fingerprint density at radius 3 is 2.47 bits per heavy atom. The van der Waals surface area contributed by atoms with Crippen LogP contribution in [0.4, 0.5) is 5.69 Å². The molecule has 1 aromatic carbocycles. The predicted octanol–water partition coefficient (Wildman–Crippen LogP) is 4.01. The van der Waals surface area contributed by atoms with E-state index in [4.69, 9.17) is 28.3 Å². The summed E-state index contributed by atoms with van der Waals surface area (Å²) in [7, 11) is 0. The zero-order valence-corrected chi connectivity index (χ0v) is 11.6. The molecule has 0 atom stereocenters. The maximum Gasteiger partial charge on any atom is 0.337 e. The minimum atomic E-state index is -1.16. The van der Waals surface area contributed by atoms with Crippen LogP contribution in [-0.4, -0.2) is 17.0 Å². The van der Waals surface area contributed by atoms with E-state index in [1.165, 1.54) is 29.5 Å². The quantitative estimate of drug-likeness (QED) is 0.899. The molecule has 0 aliphatic rings. The second-order valence-electron chi connectivity index (χ2n) is 3.55. The van der Waals surface area contributed by atoms with Gasteiger partial charge >= 0.3 is 5.97 Å². The van der Waals surface area contributed by atoms with Crippen molar-refractivity contribution in [3.63, 3.8) is 0 Å². The predicted molar refractivity (Wildman–Crippen MR) is 75.7 cm³/mol. The molecule has 1 amide bonds. The Labute approximate surface area is 122 Å². The third-order valence-corrected chi connectivity index (χ3v) is 3.95. The summed E-state index contributed by atoms with van der Waals surface area (Å²) in [6.45, 7) is 0. The molecule has 19 heavy (non-hydrogen) atoms. The van der Waals surface area contributed by atoms with Gasteiger partial charge in [0, 0.05) is 5.69 Å². The molecule has 0 aliphatic heterocycles. The van der Waals surface area contributed by atoms with E-state index in [-0.39, 0.29) is 10.6 Å². The number of thiophene rings is 1. The van der Waals surface area contributed by atoms with Gasteiger partial charge in [-0.3, -0.25) is 4.79 Å². The Balaban J connectivity index is 2.25. The topological polar surface area (TPSA) is 66.4 Å². The molecule has 4 nitrogen and oxygen atoms in total. The maximum atomic E-state index is 11.9. The minimum Gasteiger partial charge on any atom is -0.478 e. The van der Waals surface area contributed by atoms with Gasteiger partial charge in [-0.15, -0.1) is 11.3 Å². The van der Waals surface area contributed by atoms with E-state index >= 15 is 0 Å². The standard InChI is InChI=1S/C12H7Cl2NO3S/c13-8-2-1-6(5-7(8)12(17)18)15-11(16)10-9(14)3-4-19-10/h1-5H,(H,15,16)(H,17,18). The van der Waals surface area contributed by atoms with E-state index in [1.54, 1.807) is 11.4 Å². The molecule has 2 aromatic rings. The lowest BCUT2D eigenvalue weighted by Gasteiger charge is -2.06. The molecule has 0 spiro atoms. The molecule has 0 saturated carbocycles. The number of hydrogen-bond acceptors (Lipinski definition) is 3. The largest absolute Gasteiger partial charge is 0.478 e. The Bertz CT molecular complexity index is 654. The summed E-state index contributed by atoms with van der Waals surface area (Å²) >= 11 is 12.8. The molecular weight excluding hydrogens is 309 g/mol. The molecule has 98 valence electrons. The van der Waals surface area contributed by atoms with Gasteiger partial charge in [0.05, 0.1) is 15.6 Å². The van der Waals surface area contributed by atoms with Crippen LogP contribution in [0.3, 0.4) is 0 Å². The zero-order chi connectivity index (χ0) is 14.0. The summed E-state index contributed by atoms with van der Waals surface area (Å²) in [6, 6.07) is 5.85. The molecule has 1 heterocycles. The number of carbonyl (C=O) groups is 2. The number of rotatable bonds is 3. The number of nitrogens with one attached hydrogen (secondary N) is 1. The highest BCUT2D eigenvalue weighted by Crippen LogP contribution is 2.25. The van der Waals surface area contributed by atoms with Crippen LogP contribution in [0.5, 0.6) is 0 Å². The van der Waals surface area contributed by atoms with Crippen molar-refractivity contribution in [1.29, 1.82) is 0 Å². The maximum absolute atomic E-state index is 11.9. The van der Waals surface area contributed by atoms with Gasteiger partial charge in [0.2, 0.25) is 0 Å². The van der Waals surface area contributed by atoms with Crippen LogP contribution in [0.2, 0.25) is 10.0 Å². The van der Waals surface area contributed by atoms with Crippen molar-refractivity contribution in [3.05, 3.63) is 50.1 Å². The first kappa shape index (κ1) is 13.9. The van der Waals surface area contributed by atoms with E-state index in [2.05, 4.69) is 5.32 Å². The Hall–Kier alpha value is -1.56. The lowest BCUT2D eigenvalue weighted by molar-refractivity contribution is 0.0696. The lowest BCUT2D eigenvalue weighted by atomic mass is 10.2. The summed E-state index contributed by atoms with van der Waals surface area (Å²) in [6.07, 6.45) is 0. The highest BCUT2D eigenvalue weighted by molar-refractivity contribution is 7.12. The van der Waals surface area contributed by atoms with Crippen molar-refractivity contribution in [2.75, 3.05) is 5.32 Å². The molecule has 0 unspecified atom stereocenters. The van der Waals surface area contributed by atoms with Crippen LogP contribution in [0, 0.1) is 0 Å². The van der Waals surface area contributed by atoms with Gasteiger partial charge in [-0.05, 0) is 29.6 Å². The molecule has 7 heteroatoms. The van der Waals surface area contributed by atoms with Crippen LogP contribution in [-0.2, 0) is 0 Å². The van der Waals surface area contributed by atoms with Crippen molar-refractivity contribution in [3.8, 4) is 0 Å². The van der Waals surface area contributed by atoms with Crippen molar-refractivity contribution >= 4 is 52.1 Å². The first-order valence-corrected chi connectivity index (χ1v) is 6.70. The molecular formula is C12H7Cl2NO3S. The van der Waals surface area contributed by atoms with Crippen LogP contribution >= 0.6 is 34.5 Å². The molecule has 0 fully saturated rings. The number of halogens is 2. The third kappa shape index (κ3) is 3.07. The van der Waals surface area contributed by atoms with Crippen LogP contribution < -0.4 is 5.32 Å². The number of anilines is 1.